The summed E-state index contributed by atoms with van der Waals surface area (Å²) in [5, 5.41) is 19.4. The van der Waals surface area contributed by atoms with Gasteiger partial charge < -0.3 is 15.5 Å². The number of hydrogen-bond acceptors (Lipinski definition) is 3. The molecule has 3 N–H and O–H groups in total. The first-order valence-corrected chi connectivity index (χ1v) is 3.80. The lowest BCUT2D eigenvalue weighted by Gasteiger charge is -2.06. The number of carboxylic acids is 1. The molecule has 0 aromatic carbocycles. The number of aliphatic hydroxyl groups is 1. The van der Waals surface area contributed by atoms with Gasteiger partial charge in [0.1, 0.15) is 0 Å². The molecule has 0 aromatic heterocycles. The van der Waals surface area contributed by atoms with E-state index in [1.807, 2.05) is 0 Å². The summed E-state index contributed by atoms with van der Waals surface area (Å²) in [4.78, 5) is 21.0. The van der Waals surface area contributed by atoms with Crippen LogP contribution in [0.2, 0.25) is 0 Å². The molecule has 1 aliphatic carbocycles. The van der Waals surface area contributed by atoms with E-state index in [1.165, 1.54) is 0 Å². The maximum atomic E-state index is 10.9. The lowest BCUT2D eigenvalue weighted by atomic mass is 10.3. The molecule has 1 amide bonds. The average molecular weight is 173 g/mol. The number of hydrogen-bond donors (Lipinski definition) is 3. The van der Waals surface area contributed by atoms with Crippen LogP contribution in [0.4, 0.5) is 0 Å². The summed E-state index contributed by atoms with van der Waals surface area (Å²) in [5.41, 5.74) is 0. The first-order valence-electron chi connectivity index (χ1n) is 3.80. The first-order chi connectivity index (χ1) is 5.61. The fourth-order valence-electron chi connectivity index (χ4n) is 0.774. The lowest BCUT2D eigenvalue weighted by Crippen LogP contribution is -2.37. The summed E-state index contributed by atoms with van der Waals surface area (Å²) < 4.78 is 0. The number of nitrogens with one attached hydrogen (secondary N) is 1. The highest BCUT2D eigenvalue weighted by atomic mass is 16.4. The van der Waals surface area contributed by atoms with Crippen LogP contribution in [0, 0.1) is 5.92 Å². The Kier molecular flexibility index (Phi) is 2.65. The maximum absolute atomic E-state index is 10.9. The van der Waals surface area contributed by atoms with E-state index in [4.69, 9.17) is 10.2 Å². The minimum absolute atomic E-state index is 0.0472. The molecule has 0 spiro atoms. The number of amides is 1. The second-order valence-corrected chi connectivity index (χ2v) is 2.87. The fourth-order valence-corrected chi connectivity index (χ4v) is 0.774. The van der Waals surface area contributed by atoms with Crippen molar-refractivity contribution in [1.82, 2.24) is 5.32 Å². The highest BCUT2D eigenvalue weighted by Crippen LogP contribution is 2.28. The SMILES string of the molecule is O=C(NC[C@H](O)C(=O)O)C1CC1. The van der Waals surface area contributed by atoms with Gasteiger partial charge in [0.15, 0.2) is 6.10 Å². The van der Waals surface area contributed by atoms with Gasteiger partial charge in [-0.3, -0.25) is 4.79 Å². The summed E-state index contributed by atoms with van der Waals surface area (Å²) in [6, 6.07) is 0. The van der Waals surface area contributed by atoms with E-state index in [2.05, 4.69) is 5.32 Å². The highest BCUT2D eigenvalue weighted by molar-refractivity contribution is 5.81. The molecule has 0 saturated heterocycles. The summed E-state index contributed by atoms with van der Waals surface area (Å²) in [5.74, 6) is -1.42. The Morgan fingerprint density at radius 3 is 2.50 bits per heavy atom. The molecule has 0 heterocycles. The third-order valence-electron chi connectivity index (χ3n) is 1.70. The normalized spacial score (nSPS) is 18.4. The monoisotopic (exact) mass is 173 g/mol. The minimum Gasteiger partial charge on any atom is -0.479 e. The summed E-state index contributed by atoms with van der Waals surface area (Å²) >= 11 is 0. The number of carbonyl (C=O) groups excluding carboxylic acids is 1. The number of rotatable bonds is 4. The van der Waals surface area contributed by atoms with Gasteiger partial charge in [0.25, 0.3) is 0 Å². The Morgan fingerprint density at radius 1 is 1.50 bits per heavy atom. The van der Waals surface area contributed by atoms with Gasteiger partial charge in [0.05, 0.1) is 6.54 Å². The van der Waals surface area contributed by atoms with Gasteiger partial charge in [-0.15, -0.1) is 0 Å². The van der Waals surface area contributed by atoms with Gasteiger partial charge in [-0.1, -0.05) is 0 Å². The number of carbonyl (C=O) groups is 2. The third-order valence-corrected chi connectivity index (χ3v) is 1.70. The molecule has 0 aromatic rings. The second kappa shape index (κ2) is 3.53. The van der Waals surface area contributed by atoms with Gasteiger partial charge in [-0.25, -0.2) is 4.79 Å². The van der Waals surface area contributed by atoms with Crippen LogP contribution >= 0.6 is 0 Å². The second-order valence-electron chi connectivity index (χ2n) is 2.87. The Hall–Kier alpha value is -1.10. The molecular weight excluding hydrogens is 162 g/mol. The molecule has 1 saturated carbocycles. The van der Waals surface area contributed by atoms with E-state index in [-0.39, 0.29) is 18.4 Å². The molecule has 12 heavy (non-hydrogen) atoms. The quantitative estimate of drug-likeness (QED) is 0.506. The Morgan fingerprint density at radius 2 is 2.08 bits per heavy atom. The molecule has 0 bridgehead atoms. The van der Waals surface area contributed by atoms with Crippen LogP contribution in [-0.4, -0.2) is 34.7 Å². The third kappa shape index (κ3) is 2.50. The van der Waals surface area contributed by atoms with Gasteiger partial charge in [-0.2, -0.15) is 0 Å². The zero-order valence-corrected chi connectivity index (χ0v) is 6.49. The van der Waals surface area contributed by atoms with Gasteiger partial charge in [0, 0.05) is 5.92 Å². The topological polar surface area (TPSA) is 86.6 Å². The van der Waals surface area contributed by atoms with Crippen LogP contribution in [0.1, 0.15) is 12.8 Å². The van der Waals surface area contributed by atoms with E-state index in [9.17, 15) is 9.59 Å². The van der Waals surface area contributed by atoms with E-state index < -0.39 is 12.1 Å². The molecule has 1 aliphatic rings. The number of aliphatic hydroxyl groups excluding tert-OH is 1. The summed E-state index contributed by atoms with van der Waals surface area (Å²) in [6.07, 6.45) is 0.247. The summed E-state index contributed by atoms with van der Waals surface area (Å²) in [6.45, 7) is -0.204. The molecule has 0 aliphatic heterocycles. The van der Waals surface area contributed by atoms with Crippen molar-refractivity contribution in [2.45, 2.75) is 18.9 Å². The molecule has 0 radical (unpaired) electrons. The number of carboxylic acid groups (broad SMARTS) is 1. The summed E-state index contributed by atoms with van der Waals surface area (Å²) in [7, 11) is 0. The van der Waals surface area contributed by atoms with E-state index in [1.54, 1.807) is 0 Å². The smallest absolute Gasteiger partial charge is 0.334 e. The standard InChI is InChI=1S/C7H11NO4/c9-5(7(11)12)3-8-6(10)4-1-2-4/h4-5,9H,1-3H2,(H,8,10)(H,11,12)/t5-/m0/s1. The predicted molar refractivity (Wildman–Crippen MR) is 39.4 cm³/mol. The van der Waals surface area contributed by atoms with Crippen LogP contribution in [-0.2, 0) is 9.59 Å². The molecule has 68 valence electrons. The zero-order valence-electron chi connectivity index (χ0n) is 6.49. The van der Waals surface area contributed by atoms with E-state index in [0.29, 0.717) is 0 Å². The van der Waals surface area contributed by atoms with E-state index >= 15 is 0 Å². The average Bonchev–Trinajstić information content (AvgIpc) is 2.81. The molecule has 5 heteroatoms. The van der Waals surface area contributed by atoms with Crippen molar-refractivity contribution >= 4 is 11.9 Å². The molecule has 1 atom stereocenters. The van der Waals surface area contributed by atoms with Gasteiger partial charge >= 0.3 is 5.97 Å². The molecular formula is C7H11NO4. The number of aliphatic carboxylic acids is 1. The highest BCUT2D eigenvalue weighted by Gasteiger charge is 2.29. The zero-order chi connectivity index (χ0) is 9.14. The van der Waals surface area contributed by atoms with Gasteiger partial charge in [-0.05, 0) is 12.8 Å². The maximum Gasteiger partial charge on any atom is 0.334 e. The fraction of sp³-hybridized carbons (Fsp3) is 0.714. The molecule has 1 rings (SSSR count). The van der Waals surface area contributed by atoms with Crippen LogP contribution < -0.4 is 5.32 Å². The first kappa shape index (κ1) is 8.99. The molecule has 1 fully saturated rings. The van der Waals surface area contributed by atoms with Crippen LogP contribution in [0.25, 0.3) is 0 Å². The van der Waals surface area contributed by atoms with Crippen LogP contribution in [0.3, 0.4) is 0 Å². The molecule has 0 unspecified atom stereocenters. The molecule has 5 nitrogen and oxygen atoms in total. The largest absolute Gasteiger partial charge is 0.479 e. The van der Waals surface area contributed by atoms with Crippen molar-refractivity contribution in [3.63, 3.8) is 0 Å². The van der Waals surface area contributed by atoms with Crippen molar-refractivity contribution in [3.8, 4) is 0 Å². The van der Waals surface area contributed by atoms with Crippen LogP contribution in [0.5, 0.6) is 0 Å². The van der Waals surface area contributed by atoms with Gasteiger partial charge in [0.2, 0.25) is 5.91 Å². The Bertz CT molecular complexity index is 200. The Balaban J connectivity index is 2.15. The van der Waals surface area contributed by atoms with Crippen molar-refractivity contribution in [2.24, 2.45) is 5.92 Å². The van der Waals surface area contributed by atoms with Crippen LogP contribution in [0.15, 0.2) is 0 Å². The van der Waals surface area contributed by atoms with Crippen molar-refractivity contribution in [3.05, 3.63) is 0 Å². The minimum atomic E-state index is -1.49. The predicted octanol–water partition coefficient (Wildman–Crippen LogP) is -1.04. The van der Waals surface area contributed by atoms with Crippen molar-refractivity contribution in [1.29, 1.82) is 0 Å². The Labute approximate surface area is 69.4 Å². The lowest BCUT2D eigenvalue weighted by molar-refractivity contribution is -0.146. The van der Waals surface area contributed by atoms with Crippen molar-refractivity contribution in [2.75, 3.05) is 6.54 Å². The van der Waals surface area contributed by atoms with Crippen molar-refractivity contribution < 1.29 is 19.8 Å². The van der Waals surface area contributed by atoms with E-state index in [0.717, 1.165) is 12.8 Å².